The summed E-state index contributed by atoms with van der Waals surface area (Å²) < 4.78 is 0. The van der Waals surface area contributed by atoms with E-state index in [0.29, 0.717) is 11.5 Å². The molecule has 0 unspecified atom stereocenters. The molecule has 0 aliphatic heterocycles. The fourth-order valence-corrected chi connectivity index (χ4v) is 3.37. The van der Waals surface area contributed by atoms with Gasteiger partial charge in [0.25, 0.3) is 0 Å². The van der Waals surface area contributed by atoms with Crippen LogP contribution in [-0.4, -0.2) is 10.9 Å². The Labute approximate surface area is 132 Å². The Morgan fingerprint density at radius 1 is 1.24 bits per heavy atom. The van der Waals surface area contributed by atoms with E-state index in [-0.39, 0.29) is 5.91 Å². The topological polar surface area (TPSA) is 55.1 Å². The molecule has 114 valence electrons. The lowest BCUT2D eigenvalue weighted by molar-refractivity contribution is -0.128. The quantitative estimate of drug-likeness (QED) is 0.663. The molecule has 3 nitrogen and oxygen atoms in total. The third-order valence-electron chi connectivity index (χ3n) is 4.56. The maximum Gasteiger partial charge on any atom is 0.233 e. The summed E-state index contributed by atoms with van der Waals surface area (Å²) in [7, 11) is 0. The lowest BCUT2D eigenvalue weighted by atomic mass is 9.79. The summed E-state index contributed by atoms with van der Waals surface area (Å²) in [6, 6.07) is 8.08. The second-order valence-electron chi connectivity index (χ2n) is 5.97. The number of carbonyl (C=O) groups is 1. The predicted molar refractivity (Wildman–Crippen MR) is 89.9 cm³/mol. The largest absolute Gasteiger partial charge is 0.392 e. The van der Waals surface area contributed by atoms with Crippen LogP contribution in [0.25, 0.3) is 0 Å². The van der Waals surface area contributed by atoms with Crippen molar-refractivity contribution in [2.24, 2.45) is 11.1 Å². The Morgan fingerprint density at radius 3 is 2.43 bits per heavy atom. The number of aryl methyl sites for hydroxylation is 1. The van der Waals surface area contributed by atoms with Crippen molar-refractivity contribution in [1.82, 2.24) is 5.32 Å². The molecule has 1 aliphatic rings. The average molecular weight is 304 g/mol. The number of rotatable bonds is 4. The number of amides is 1. The first-order chi connectivity index (χ1) is 10.1. The molecule has 1 amide bonds. The molecule has 0 radical (unpaired) electrons. The molecule has 1 fully saturated rings. The molecule has 3 N–H and O–H groups in total. The summed E-state index contributed by atoms with van der Waals surface area (Å²) in [5.41, 5.74) is 7.62. The van der Waals surface area contributed by atoms with Gasteiger partial charge in [-0.05, 0) is 30.9 Å². The number of hydrogen-bond donors (Lipinski definition) is 2. The molecule has 1 aromatic rings. The molecule has 0 spiro atoms. The van der Waals surface area contributed by atoms with E-state index in [9.17, 15) is 4.79 Å². The van der Waals surface area contributed by atoms with Gasteiger partial charge in [0.15, 0.2) is 0 Å². The lowest BCUT2D eigenvalue weighted by Gasteiger charge is -2.30. The fraction of sp³-hybridized carbons (Fsp3) is 0.529. The van der Waals surface area contributed by atoms with Gasteiger partial charge >= 0.3 is 0 Å². The van der Waals surface area contributed by atoms with Crippen LogP contribution in [0.1, 0.15) is 49.7 Å². The van der Waals surface area contributed by atoms with Crippen LogP contribution in [0.15, 0.2) is 24.3 Å². The second kappa shape index (κ2) is 7.03. The molecule has 1 saturated carbocycles. The third kappa shape index (κ3) is 3.62. The Balaban J connectivity index is 2.09. The minimum Gasteiger partial charge on any atom is -0.392 e. The van der Waals surface area contributed by atoms with Crippen molar-refractivity contribution in [2.45, 2.75) is 52.0 Å². The van der Waals surface area contributed by atoms with Gasteiger partial charge in [-0.3, -0.25) is 4.79 Å². The number of nitrogens with one attached hydrogen (secondary N) is 1. The van der Waals surface area contributed by atoms with Crippen molar-refractivity contribution >= 4 is 23.1 Å². The molecule has 0 heterocycles. The summed E-state index contributed by atoms with van der Waals surface area (Å²) in [4.78, 5) is 13.1. The Kier molecular flexibility index (Phi) is 5.34. The van der Waals surface area contributed by atoms with Crippen molar-refractivity contribution in [2.75, 3.05) is 0 Å². The minimum absolute atomic E-state index is 0.000142. The molecule has 0 bridgehead atoms. The summed E-state index contributed by atoms with van der Waals surface area (Å²) in [6.07, 6.45) is 5.93. The van der Waals surface area contributed by atoms with Crippen LogP contribution in [0.5, 0.6) is 0 Å². The first-order valence-electron chi connectivity index (χ1n) is 7.69. The zero-order valence-corrected chi connectivity index (χ0v) is 13.5. The van der Waals surface area contributed by atoms with Crippen molar-refractivity contribution in [3.63, 3.8) is 0 Å². The van der Waals surface area contributed by atoms with Gasteiger partial charge in [-0.25, -0.2) is 0 Å². The minimum atomic E-state index is -0.644. The van der Waals surface area contributed by atoms with Crippen LogP contribution < -0.4 is 11.1 Å². The maximum atomic E-state index is 12.7. The van der Waals surface area contributed by atoms with Gasteiger partial charge in [0.2, 0.25) is 5.91 Å². The molecule has 2 rings (SSSR count). The SMILES string of the molecule is Cc1ccccc1CNC(=O)C1(C(N)=S)CCCCCC1. The smallest absolute Gasteiger partial charge is 0.233 e. The normalized spacial score (nSPS) is 17.8. The Morgan fingerprint density at radius 2 is 1.86 bits per heavy atom. The standard InChI is InChI=1S/C17H24N2OS/c1-13-8-4-5-9-14(13)12-19-16(20)17(15(18)21)10-6-2-3-7-11-17/h4-5,8-9H,2-3,6-7,10-12H2,1H3,(H2,18,21)(H,19,20). The highest BCUT2D eigenvalue weighted by molar-refractivity contribution is 7.80. The highest BCUT2D eigenvalue weighted by Gasteiger charge is 2.41. The Bertz CT molecular complexity index is 519. The van der Waals surface area contributed by atoms with Crippen molar-refractivity contribution in [3.05, 3.63) is 35.4 Å². The van der Waals surface area contributed by atoms with E-state index in [1.807, 2.05) is 18.2 Å². The Hall–Kier alpha value is -1.42. The number of nitrogens with two attached hydrogens (primary N) is 1. The van der Waals surface area contributed by atoms with E-state index >= 15 is 0 Å². The van der Waals surface area contributed by atoms with Gasteiger partial charge < -0.3 is 11.1 Å². The number of hydrogen-bond acceptors (Lipinski definition) is 2. The number of benzene rings is 1. The zero-order chi connectivity index (χ0) is 15.3. The number of carbonyl (C=O) groups excluding carboxylic acids is 1. The van der Waals surface area contributed by atoms with E-state index in [2.05, 4.69) is 18.3 Å². The van der Waals surface area contributed by atoms with Gasteiger partial charge in [-0.2, -0.15) is 0 Å². The van der Waals surface area contributed by atoms with Gasteiger partial charge in [0.05, 0.1) is 10.4 Å². The molecule has 21 heavy (non-hydrogen) atoms. The van der Waals surface area contributed by atoms with E-state index in [1.54, 1.807) is 0 Å². The van der Waals surface area contributed by atoms with Gasteiger partial charge in [0.1, 0.15) is 0 Å². The first-order valence-corrected chi connectivity index (χ1v) is 8.10. The average Bonchev–Trinajstić information content (AvgIpc) is 2.73. The van der Waals surface area contributed by atoms with Crippen LogP contribution in [0.3, 0.4) is 0 Å². The third-order valence-corrected chi connectivity index (χ3v) is 4.95. The van der Waals surface area contributed by atoms with Crippen LogP contribution in [-0.2, 0) is 11.3 Å². The molecule has 1 aromatic carbocycles. The predicted octanol–water partition coefficient (Wildman–Crippen LogP) is 3.24. The van der Waals surface area contributed by atoms with Crippen LogP contribution in [0.2, 0.25) is 0 Å². The summed E-state index contributed by atoms with van der Waals surface area (Å²) in [6.45, 7) is 2.59. The van der Waals surface area contributed by atoms with Crippen LogP contribution >= 0.6 is 12.2 Å². The van der Waals surface area contributed by atoms with E-state index in [1.165, 1.54) is 5.56 Å². The summed E-state index contributed by atoms with van der Waals surface area (Å²) in [5.74, 6) is 0.000142. The van der Waals surface area contributed by atoms with E-state index in [4.69, 9.17) is 18.0 Å². The lowest BCUT2D eigenvalue weighted by Crippen LogP contribution is -2.48. The maximum absolute atomic E-state index is 12.7. The van der Waals surface area contributed by atoms with E-state index < -0.39 is 5.41 Å². The van der Waals surface area contributed by atoms with Crippen LogP contribution in [0.4, 0.5) is 0 Å². The van der Waals surface area contributed by atoms with Crippen molar-refractivity contribution < 1.29 is 4.79 Å². The highest BCUT2D eigenvalue weighted by atomic mass is 32.1. The van der Waals surface area contributed by atoms with Gasteiger partial charge in [0, 0.05) is 6.54 Å². The van der Waals surface area contributed by atoms with E-state index in [0.717, 1.165) is 44.1 Å². The fourth-order valence-electron chi connectivity index (χ4n) is 3.07. The molecule has 0 aromatic heterocycles. The van der Waals surface area contributed by atoms with Crippen molar-refractivity contribution in [3.8, 4) is 0 Å². The summed E-state index contributed by atoms with van der Waals surface area (Å²) in [5, 5.41) is 3.05. The van der Waals surface area contributed by atoms with Crippen molar-refractivity contribution in [1.29, 1.82) is 0 Å². The van der Waals surface area contributed by atoms with Crippen LogP contribution in [0, 0.1) is 12.3 Å². The molecular weight excluding hydrogens is 280 g/mol. The van der Waals surface area contributed by atoms with Gasteiger partial charge in [-0.1, -0.05) is 62.2 Å². The first kappa shape index (κ1) is 16.0. The molecule has 1 aliphatic carbocycles. The molecular formula is C17H24N2OS. The number of thiocarbonyl (C=S) groups is 1. The van der Waals surface area contributed by atoms with Gasteiger partial charge in [-0.15, -0.1) is 0 Å². The monoisotopic (exact) mass is 304 g/mol. The molecule has 0 atom stereocenters. The summed E-state index contributed by atoms with van der Waals surface area (Å²) >= 11 is 5.24. The molecule has 0 saturated heterocycles. The molecule has 4 heteroatoms. The second-order valence-corrected chi connectivity index (χ2v) is 6.41. The highest BCUT2D eigenvalue weighted by Crippen LogP contribution is 2.35. The zero-order valence-electron chi connectivity index (χ0n) is 12.7.